The molecule has 0 heterocycles. The van der Waals surface area contributed by atoms with Crippen molar-refractivity contribution in [3.8, 4) is 11.1 Å². The molecule has 0 saturated heterocycles. The maximum Gasteiger partial charge on any atom is -0.109 e. The van der Waals surface area contributed by atoms with Crippen molar-refractivity contribution in [3.63, 3.8) is 0 Å². The Morgan fingerprint density at radius 1 is 0.861 bits per heavy atom. The number of rotatable bonds is 6. The summed E-state index contributed by atoms with van der Waals surface area (Å²) >= 11 is 1.67. The van der Waals surface area contributed by atoms with Crippen LogP contribution in [0.25, 0.3) is 11.1 Å². The molecule has 2 aliphatic carbocycles. The smallest absolute Gasteiger partial charge is 0.109 e. The number of benzene rings is 2. The fourth-order valence-corrected chi connectivity index (χ4v) is 5.14. The summed E-state index contributed by atoms with van der Waals surface area (Å²) in [5.41, 5.74) is 8.70. The van der Waals surface area contributed by atoms with Crippen LogP contribution < -0.4 is 0 Å². The summed E-state index contributed by atoms with van der Waals surface area (Å²) in [6.07, 6.45) is 19.3. The first-order valence-electron chi connectivity index (χ1n) is 13.9. The van der Waals surface area contributed by atoms with Crippen molar-refractivity contribution in [2.24, 2.45) is 0 Å². The molecule has 4 rings (SSSR count). The first-order chi connectivity index (χ1) is 17.0. The summed E-state index contributed by atoms with van der Waals surface area (Å²) in [6.45, 7) is 18.1. The van der Waals surface area contributed by atoms with E-state index >= 15 is 0 Å². The van der Waals surface area contributed by atoms with E-state index in [0.29, 0.717) is 0 Å². The first kappa shape index (κ1) is 30.9. The van der Waals surface area contributed by atoms with Crippen LogP contribution in [0.4, 0.5) is 0 Å². The Balaban J connectivity index is 0.000000252. The molecule has 36 heavy (non-hydrogen) atoms. The molecule has 0 unspecified atom stereocenters. The van der Waals surface area contributed by atoms with Crippen LogP contribution in [-0.2, 0) is 41.5 Å². The third kappa shape index (κ3) is 9.85. The number of allylic oxidation sites excluding steroid dienone is 4. The van der Waals surface area contributed by atoms with E-state index < -0.39 is 0 Å². The zero-order chi connectivity index (χ0) is 26.8. The van der Waals surface area contributed by atoms with E-state index in [0.717, 1.165) is 12.8 Å². The van der Waals surface area contributed by atoms with Crippen molar-refractivity contribution in [1.29, 1.82) is 0 Å². The number of fused-ring (bicyclic) bond motifs is 3. The summed E-state index contributed by atoms with van der Waals surface area (Å²) in [7, 11) is 0. The predicted octanol–water partition coefficient (Wildman–Crippen LogP) is 10.0. The number of hydrogen-bond donors (Lipinski definition) is 0. The van der Waals surface area contributed by atoms with Crippen LogP contribution in [0.15, 0.2) is 48.6 Å². The maximum atomic E-state index is 3.67. The molecular weight excluding hydrogens is 512 g/mol. The Morgan fingerprint density at radius 3 is 1.97 bits per heavy atom. The van der Waals surface area contributed by atoms with Crippen molar-refractivity contribution in [2.45, 2.75) is 118 Å². The minimum absolute atomic E-state index is 0.167. The first-order valence-corrected chi connectivity index (χ1v) is 15.2. The van der Waals surface area contributed by atoms with Crippen molar-refractivity contribution in [2.75, 3.05) is 0 Å². The molecule has 0 N–H and O–H groups in total. The molecule has 0 radical (unpaired) electrons. The molecule has 0 fully saturated rings. The van der Waals surface area contributed by atoms with Crippen molar-refractivity contribution in [3.05, 3.63) is 83.0 Å². The number of hydrogen-bond acceptors (Lipinski definition) is 0. The van der Waals surface area contributed by atoms with Gasteiger partial charge in [0.2, 0.25) is 0 Å². The predicted molar refractivity (Wildman–Crippen MR) is 157 cm³/mol. The molecule has 0 aliphatic heterocycles. The Bertz CT molecular complexity index is 956. The zero-order valence-electron chi connectivity index (χ0n) is 24.3. The minimum Gasteiger partial charge on any atom is -0.273 e. The molecule has 2 aliphatic rings. The van der Waals surface area contributed by atoms with Crippen LogP contribution >= 0.6 is 0 Å². The fraction of sp³-hybridized carbons (Fsp3) is 0.514. The van der Waals surface area contributed by atoms with E-state index in [-0.39, 0.29) is 10.8 Å². The number of unbranched alkanes of at least 4 members (excludes halogenated alkanes) is 2. The fourth-order valence-electron chi connectivity index (χ4n) is 4.27. The van der Waals surface area contributed by atoms with E-state index in [1.807, 2.05) is 12.2 Å². The molecule has 0 nitrogen and oxygen atoms in total. The largest absolute Gasteiger partial charge is 0.273 e. The molecule has 2 aromatic rings. The molecule has 0 spiro atoms. The molecule has 2 aromatic carbocycles. The summed E-state index contributed by atoms with van der Waals surface area (Å²) < 4.78 is 1.79. The standard InChI is InChI=1S/C21H25.C9H18.C5H5.Zr/c1-20(2,3)16-7-9-18-14(12-16)11-15-13-17(21(4,5)6)8-10-19(15)18;1-3-5-7-9-8-6-4-2;1-2-4-5-3-1;/h7-10,12H,11H2,1-6H3;3-8H2,1-2H3;1-3H,4H2;/q-1;;-1;+2. The van der Waals surface area contributed by atoms with E-state index in [9.17, 15) is 0 Å². The van der Waals surface area contributed by atoms with Gasteiger partial charge in [-0.1, -0.05) is 65.3 Å². The van der Waals surface area contributed by atoms with Crippen LogP contribution in [0.3, 0.4) is 0 Å². The molecule has 0 aromatic heterocycles. The third-order valence-electron chi connectivity index (χ3n) is 6.71. The average molecular weight is 560 g/mol. The van der Waals surface area contributed by atoms with E-state index in [4.69, 9.17) is 0 Å². The van der Waals surface area contributed by atoms with E-state index in [1.54, 1.807) is 27.4 Å². The molecule has 0 amide bonds. The molecule has 192 valence electrons. The molecular formula is C35H48Zr. The maximum absolute atomic E-state index is 3.67. The Kier molecular flexibility index (Phi) is 12.5. The third-order valence-corrected chi connectivity index (χ3v) is 7.94. The van der Waals surface area contributed by atoms with E-state index in [2.05, 4.69) is 104 Å². The van der Waals surface area contributed by atoms with Gasteiger partial charge in [-0.25, -0.2) is 12.2 Å². The van der Waals surface area contributed by atoms with Gasteiger partial charge in [0.1, 0.15) is 0 Å². The van der Waals surface area contributed by atoms with Crippen LogP contribution in [-0.4, -0.2) is 3.21 Å². The Morgan fingerprint density at radius 2 is 1.50 bits per heavy atom. The zero-order valence-corrected chi connectivity index (χ0v) is 26.7. The second kappa shape index (κ2) is 14.6. The van der Waals surface area contributed by atoms with Gasteiger partial charge < -0.3 is 0 Å². The Hall–Kier alpha value is -1.33. The van der Waals surface area contributed by atoms with Gasteiger partial charge in [-0.15, -0.1) is 17.5 Å². The minimum atomic E-state index is 0.167. The van der Waals surface area contributed by atoms with Gasteiger partial charge in [-0.3, -0.25) is 6.08 Å². The topological polar surface area (TPSA) is 0 Å². The second-order valence-corrected chi connectivity index (χ2v) is 13.9. The monoisotopic (exact) mass is 558 g/mol. The summed E-state index contributed by atoms with van der Waals surface area (Å²) in [4.78, 5) is 0. The molecule has 1 heteroatoms. The molecule has 0 saturated carbocycles. The van der Waals surface area contributed by atoms with Crippen LogP contribution in [0.1, 0.15) is 123 Å². The van der Waals surface area contributed by atoms with Crippen LogP contribution in [0, 0.1) is 12.1 Å². The van der Waals surface area contributed by atoms with Gasteiger partial charge in [0, 0.05) is 0 Å². The average Bonchev–Trinajstić information content (AvgIpc) is 3.51. The van der Waals surface area contributed by atoms with Crippen molar-refractivity contribution < 1.29 is 24.2 Å². The van der Waals surface area contributed by atoms with Crippen molar-refractivity contribution in [1.82, 2.24) is 0 Å². The summed E-state index contributed by atoms with van der Waals surface area (Å²) in [6, 6.07) is 15.2. The quantitative estimate of drug-likeness (QED) is 0.264. The summed E-state index contributed by atoms with van der Waals surface area (Å²) in [5, 5.41) is 0. The van der Waals surface area contributed by atoms with Gasteiger partial charge in [0.25, 0.3) is 0 Å². The van der Waals surface area contributed by atoms with Crippen LogP contribution in [0.5, 0.6) is 0 Å². The second-order valence-electron chi connectivity index (χ2n) is 12.1. The molecule has 0 atom stereocenters. The Labute approximate surface area is 238 Å². The van der Waals surface area contributed by atoms with Gasteiger partial charge in [-0.2, -0.15) is 29.8 Å². The van der Waals surface area contributed by atoms with Crippen molar-refractivity contribution >= 4 is 3.21 Å². The van der Waals surface area contributed by atoms with Gasteiger partial charge in [0.05, 0.1) is 0 Å². The van der Waals surface area contributed by atoms with Gasteiger partial charge in [0.15, 0.2) is 0 Å². The normalized spacial score (nSPS) is 13.4. The summed E-state index contributed by atoms with van der Waals surface area (Å²) in [5.74, 6) is 0. The SMILES string of the molecule is CC(C)(C)c1[c-]c2c(cc1)-c1ccc(C(C)(C)C)cc1C2.CCCC[C](=[Zr+2])CCCC.[C-]1=CC=CC1. The van der Waals surface area contributed by atoms with Gasteiger partial charge in [-0.05, 0) is 28.4 Å². The molecule has 0 bridgehead atoms. The van der Waals surface area contributed by atoms with Gasteiger partial charge >= 0.3 is 79.8 Å². The van der Waals surface area contributed by atoms with E-state index in [1.165, 1.54) is 71.9 Å². The van der Waals surface area contributed by atoms with Crippen LogP contribution in [0.2, 0.25) is 0 Å².